The summed E-state index contributed by atoms with van der Waals surface area (Å²) in [7, 11) is 1.60. The van der Waals surface area contributed by atoms with Crippen LogP contribution in [-0.2, 0) is 4.74 Å². The average Bonchev–Trinajstić information content (AvgIpc) is 3.42. The van der Waals surface area contributed by atoms with Crippen molar-refractivity contribution in [2.45, 2.75) is 6.92 Å². The quantitative estimate of drug-likeness (QED) is 0.383. The van der Waals surface area contributed by atoms with E-state index in [9.17, 15) is 4.79 Å². The number of nitrogens with zero attached hydrogens (tertiary/aromatic N) is 4. The molecule has 0 bridgehead atoms. The predicted octanol–water partition coefficient (Wildman–Crippen LogP) is 2.26. The monoisotopic (exact) mass is 502 g/mol. The first-order chi connectivity index (χ1) is 13.7. The van der Waals surface area contributed by atoms with E-state index in [2.05, 4.69) is 27.9 Å². The summed E-state index contributed by atoms with van der Waals surface area (Å²) in [6.45, 7) is 2.91. The minimum atomic E-state index is -0.745. The van der Waals surface area contributed by atoms with Crippen LogP contribution in [0.15, 0.2) is 31.1 Å². The standard InChI is InChI=1S/C18H18N6O2S.Sn/c1-11(7-19)14-8-21-17-16(22-12(2)9-24(14)17)23-15-6-13(10-27-15)18(25)20-4-5-26-3;/h1,6-10H,4-5H2,2-3H3,(H,20,25)(H,22,23);/q-1;+1. The van der Waals surface area contributed by atoms with Crippen molar-refractivity contribution < 1.29 is 9.53 Å². The zero-order chi connectivity index (χ0) is 19.5. The van der Waals surface area contributed by atoms with E-state index in [-0.39, 0.29) is 5.91 Å². The number of methoxy groups -OCH3 is 1. The Morgan fingerprint density at radius 3 is 3.11 bits per heavy atom. The third-order valence-electron chi connectivity index (χ3n) is 4.10. The van der Waals surface area contributed by atoms with Crippen LogP contribution in [-0.4, -0.2) is 68.2 Å². The van der Waals surface area contributed by atoms with Gasteiger partial charge in [0.2, 0.25) is 0 Å². The maximum absolute atomic E-state index is 12.2. The molecule has 0 unspecified atom stereocenters. The first-order valence-corrected chi connectivity index (χ1v) is 12.4. The number of allylic oxidation sites excluding steroid dienone is 1. The van der Waals surface area contributed by atoms with Gasteiger partial charge < -0.3 is 4.74 Å². The van der Waals surface area contributed by atoms with E-state index < -0.39 is 21.4 Å². The predicted molar refractivity (Wildman–Crippen MR) is 112 cm³/mol. The number of amides is 1. The van der Waals surface area contributed by atoms with Crippen molar-refractivity contribution in [3.05, 3.63) is 44.9 Å². The molecule has 2 N–H and O–H groups in total. The van der Waals surface area contributed by atoms with E-state index >= 15 is 0 Å². The van der Waals surface area contributed by atoms with E-state index in [1.165, 1.54) is 11.3 Å². The Morgan fingerprint density at radius 2 is 2.32 bits per heavy atom. The van der Waals surface area contributed by atoms with E-state index in [4.69, 9.17) is 4.74 Å². The summed E-state index contributed by atoms with van der Waals surface area (Å²) in [4.78, 5) is 21.3. The first kappa shape index (κ1) is 19.1. The molecule has 8 nitrogen and oxygen atoms in total. The van der Waals surface area contributed by atoms with Gasteiger partial charge in [-0.05, 0) is 0 Å². The number of aromatic nitrogens is 3. The molecule has 3 aromatic rings. The van der Waals surface area contributed by atoms with Crippen molar-refractivity contribution in [1.82, 2.24) is 19.7 Å². The topological polar surface area (TPSA) is 92.9 Å². The van der Waals surface area contributed by atoms with Gasteiger partial charge >= 0.3 is 152 Å². The molecule has 0 atom stereocenters. The van der Waals surface area contributed by atoms with Gasteiger partial charge in [-0.25, -0.2) is 0 Å². The molecule has 0 aromatic carbocycles. The molecule has 1 amide bonds. The molecule has 0 fully saturated rings. The van der Waals surface area contributed by atoms with Crippen molar-refractivity contribution in [3.63, 3.8) is 0 Å². The summed E-state index contributed by atoms with van der Waals surface area (Å²) in [5.41, 5.74) is 4.37. The molecule has 0 saturated carbocycles. The number of rotatable bonds is 7. The second-order valence-corrected chi connectivity index (χ2v) is 9.34. The Balaban J connectivity index is 1.59. The van der Waals surface area contributed by atoms with Crippen molar-refractivity contribution in [3.8, 4) is 0 Å². The van der Waals surface area contributed by atoms with Gasteiger partial charge in [0, 0.05) is 13.7 Å². The first-order valence-electron chi connectivity index (χ1n) is 8.62. The number of anilines is 2. The number of aryl methyl sites for hydroxylation is 1. The summed E-state index contributed by atoms with van der Waals surface area (Å²) < 4.78 is 13.7. The van der Waals surface area contributed by atoms with Crippen LogP contribution >= 0.6 is 11.3 Å². The van der Waals surface area contributed by atoms with E-state index in [0.717, 1.165) is 27.6 Å². The van der Waals surface area contributed by atoms with Gasteiger partial charge in [-0.15, -0.1) is 0 Å². The second kappa shape index (κ2) is 8.41. The van der Waals surface area contributed by atoms with Crippen molar-refractivity contribution in [2.75, 3.05) is 25.6 Å². The molecule has 10 heteroatoms. The molecular weight excluding hydrogens is 483 g/mol. The van der Waals surface area contributed by atoms with Crippen LogP contribution in [0, 0.1) is 6.92 Å². The normalized spacial score (nSPS) is 13.1. The Morgan fingerprint density at radius 1 is 1.43 bits per heavy atom. The number of thiophene rings is 1. The van der Waals surface area contributed by atoms with Crippen molar-refractivity contribution >= 4 is 66.9 Å². The van der Waals surface area contributed by atoms with Gasteiger partial charge in [-0.3, -0.25) is 0 Å². The van der Waals surface area contributed by atoms with Gasteiger partial charge in [-0.2, -0.15) is 0 Å². The van der Waals surface area contributed by atoms with Gasteiger partial charge in [0.1, 0.15) is 0 Å². The van der Waals surface area contributed by atoms with Crippen LogP contribution in [0.1, 0.15) is 21.7 Å². The number of carbonyl (C=O) groups excluding carboxylic acids is 1. The molecule has 3 aromatic heterocycles. The molecule has 0 spiro atoms. The average molecular weight is 501 g/mol. The van der Waals surface area contributed by atoms with E-state index in [1.54, 1.807) is 7.11 Å². The molecule has 1 aliphatic heterocycles. The summed E-state index contributed by atoms with van der Waals surface area (Å²) in [5.74, 6) is 0.541. The Bertz CT molecular complexity index is 1090. The maximum atomic E-state index is 12.2. The van der Waals surface area contributed by atoms with Crippen molar-refractivity contribution in [2.24, 2.45) is 3.21 Å². The number of nitrogens with one attached hydrogen (secondary N) is 2. The summed E-state index contributed by atoms with van der Waals surface area (Å²) in [6, 6.07) is 1.82. The summed E-state index contributed by atoms with van der Waals surface area (Å²) >= 11 is 0.707. The summed E-state index contributed by atoms with van der Waals surface area (Å²) in [5, 5.41) is 8.78. The fourth-order valence-corrected chi connectivity index (χ4v) is 5.44. The second-order valence-electron chi connectivity index (χ2n) is 6.13. The molecule has 0 saturated heterocycles. The molecule has 2 radical (unpaired) electrons. The third kappa shape index (κ3) is 3.96. The van der Waals surface area contributed by atoms with E-state index in [0.29, 0.717) is 24.5 Å². The number of imidazole rings is 1. The number of ether oxygens (including phenoxy) is 1. The molecule has 4 heterocycles. The number of fused-ring (bicyclic) bond motifs is 1. The van der Waals surface area contributed by atoms with Crippen LogP contribution < -0.4 is 10.6 Å². The van der Waals surface area contributed by atoms with Crippen LogP contribution in [0.2, 0.25) is 0 Å². The molecule has 28 heavy (non-hydrogen) atoms. The number of hydrogen-bond acceptors (Lipinski definition) is 7. The van der Waals surface area contributed by atoms with Crippen LogP contribution in [0.4, 0.5) is 10.8 Å². The molecule has 142 valence electrons. The molecular formula is C18H18N6O2SSn. The zero-order valence-electron chi connectivity index (χ0n) is 15.4. The van der Waals surface area contributed by atoms with Gasteiger partial charge in [0.15, 0.2) is 0 Å². The fourth-order valence-electron chi connectivity index (χ4n) is 2.80. The number of carbonyl (C=O) groups is 1. The zero-order valence-corrected chi connectivity index (χ0v) is 19.1. The molecule has 1 aliphatic rings. The van der Waals surface area contributed by atoms with Crippen LogP contribution in [0.25, 0.3) is 11.2 Å². The van der Waals surface area contributed by atoms with Crippen LogP contribution in [0.3, 0.4) is 0 Å². The Hall–Kier alpha value is -2.24. The van der Waals surface area contributed by atoms with Crippen molar-refractivity contribution in [1.29, 1.82) is 0 Å². The van der Waals surface area contributed by atoms with E-state index in [1.807, 2.05) is 41.4 Å². The third-order valence-corrected chi connectivity index (χ3v) is 7.00. The minimum absolute atomic E-state index is 0.121. The fraction of sp³-hybridized carbons (Fsp3) is 0.222. The summed E-state index contributed by atoms with van der Waals surface area (Å²) in [6.07, 6.45) is 5.77. The Kier molecular flexibility index (Phi) is 5.74. The van der Waals surface area contributed by atoms with Gasteiger partial charge in [0.05, 0.1) is 6.61 Å². The van der Waals surface area contributed by atoms with Gasteiger partial charge in [-0.1, -0.05) is 0 Å². The molecule has 0 aliphatic carbocycles. The molecule has 4 rings (SSSR count). The Labute approximate surface area is 176 Å². The number of hydrogen-bond donors (Lipinski definition) is 2. The van der Waals surface area contributed by atoms with Crippen LogP contribution in [0.5, 0.6) is 0 Å². The SMILES string of the molecule is COCCNC(=O)c1csc(Nc2nc(C)cn3c(C4=[CH][Sn][N]=C4)cnc23)c1. The van der Waals surface area contributed by atoms with Gasteiger partial charge in [0.25, 0.3) is 0 Å².